The maximum absolute atomic E-state index is 10.3. The molecule has 0 saturated carbocycles. The summed E-state index contributed by atoms with van der Waals surface area (Å²) >= 11 is 0. The summed E-state index contributed by atoms with van der Waals surface area (Å²) in [6, 6.07) is 20.9. The lowest BCUT2D eigenvalue weighted by Crippen LogP contribution is -2.34. The van der Waals surface area contributed by atoms with Gasteiger partial charge in [-0.2, -0.15) is 0 Å². The number of rotatable bonds is 2. The van der Waals surface area contributed by atoms with Crippen LogP contribution in [0.25, 0.3) is 0 Å². The molecule has 9 rings (SSSR count). The van der Waals surface area contributed by atoms with Crippen LogP contribution in [0.5, 0.6) is 40.2 Å². The highest BCUT2D eigenvalue weighted by atomic mass is 16.7. The van der Waals surface area contributed by atoms with Gasteiger partial charge in [0.2, 0.25) is 12.5 Å². The van der Waals surface area contributed by atoms with Crippen molar-refractivity contribution >= 4 is 0 Å². The highest BCUT2D eigenvalue weighted by molar-refractivity contribution is 5.64. The standard InChI is InChI=1S/C37H38N2O6/c1-38-13-11-23-17-31(41-3)32-19-28(23)29(38)16-25-5-4-6-26(20-40)35(25)44-27-9-7-22(8-10-27)15-30-34-24(12-14-39(30)2)18-33-36(37(34)45-32)43-21-42-33/h4-10,17-19,29-30,40H,11-16,20-21H2,1-3H3/t29-,30+/m1/s1. The Hall–Kier alpha value is -4.24. The van der Waals surface area contributed by atoms with E-state index in [4.69, 9.17) is 23.7 Å². The number of nitrogens with zero attached hydrogens (tertiary/aromatic N) is 2. The molecule has 5 heterocycles. The monoisotopic (exact) mass is 606 g/mol. The number of ether oxygens (including phenoxy) is 5. The van der Waals surface area contributed by atoms with Crippen molar-refractivity contribution in [3.05, 3.63) is 99.6 Å². The third-order valence-corrected chi connectivity index (χ3v) is 9.94. The lowest BCUT2D eigenvalue weighted by molar-refractivity contribution is 0.171. The quantitative estimate of drug-likeness (QED) is 0.283. The molecule has 0 saturated heterocycles. The molecule has 8 nitrogen and oxygen atoms in total. The zero-order valence-corrected chi connectivity index (χ0v) is 26.0. The van der Waals surface area contributed by atoms with Crippen molar-refractivity contribution in [3.63, 3.8) is 0 Å². The molecule has 232 valence electrons. The van der Waals surface area contributed by atoms with E-state index in [0.29, 0.717) is 29.4 Å². The smallest absolute Gasteiger partial charge is 0.231 e. The first kappa shape index (κ1) is 28.2. The number of aliphatic hydroxyl groups is 1. The molecule has 0 aliphatic carbocycles. The molecule has 1 N–H and O–H groups in total. The van der Waals surface area contributed by atoms with Crippen molar-refractivity contribution < 1.29 is 28.8 Å². The van der Waals surface area contributed by atoms with Crippen molar-refractivity contribution in [2.45, 2.75) is 44.4 Å². The first-order valence-electron chi connectivity index (χ1n) is 15.7. The molecule has 0 amide bonds. The second kappa shape index (κ2) is 11.3. The fourth-order valence-electron chi connectivity index (χ4n) is 7.43. The average Bonchev–Trinajstić information content (AvgIpc) is 3.53. The van der Waals surface area contributed by atoms with Crippen LogP contribution in [0, 0.1) is 0 Å². The van der Waals surface area contributed by atoms with Crippen molar-refractivity contribution in [2.75, 3.05) is 41.1 Å². The van der Waals surface area contributed by atoms with Crippen LogP contribution in [0.15, 0.2) is 60.7 Å². The van der Waals surface area contributed by atoms with Crippen LogP contribution in [0.3, 0.4) is 0 Å². The fraction of sp³-hybridized carbons (Fsp3) is 0.351. The molecule has 8 heteroatoms. The molecular formula is C37H38N2O6. The Labute approximate surface area is 263 Å². The van der Waals surface area contributed by atoms with E-state index in [1.807, 2.05) is 24.3 Å². The van der Waals surface area contributed by atoms with Crippen molar-refractivity contribution in [1.82, 2.24) is 9.80 Å². The fourth-order valence-corrected chi connectivity index (χ4v) is 7.43. The van der Waals surface area contributed by atoms with E-state index in [-0.39, 0.29) is 25.5 Å². The van der Waals surface area contributed by atoms with Gasteiger partial charge in [0.15, 0.2) is 23.0 Å². The van der Waals surface area contributed by atoms with E-state index < -0.39 is 0 Å². The van der Waals surface area contributed by atoms with Crippen LogP contribution in [-0.2, 0) is 32.3 Å². The summed E-state index contributed by atoms with van der Waals surface area (Å²) in [4.78, 5) is 4.79. The minimum Gasteiger partial charge on any atom is -0.493 e. The number of methoxy groups -OCH3 is 1. The van der Waals surface area contributed by atoms with Crippen LogP contribution in [0.2, 0.25) is 0 Å². The Bertz CT molecular complexity index is 1770. The number of hydrogen-bond donors (Lipinski definition) is 1. The van der Waals surface area contributed by atoms with E-state index in [0.717, 1.165) is 66.3 Å². The second-order valence-corrected chi connectivity index (χ2v) is 12.5. The predicted molar refractivity (Wildman–Crippen MR) is 170 cm³/mol. The van der Waals surface area contributed by atoms with Crippen LogP contribution < -0.4 is 23.7 Å². The van der Waals surface area contributed by atoms with Gasteiger partial charge in [0.25, 0.3) is 0 Å². The van der Waals surface area contributed by atoms with E-state index in [1.165, 1.54) is 22.3 Å². The summed E-state index contributed by atoms with van der Waals surface area (Å²) in [5.41, 5.74) is 7.79. The third kappa shape index (κ3) is 4.88. The van der Waals surface area contributed by atoms with Crippen LogP contribution in [0.1, 0.15) is 51.0 Å². The first-order chi connectivity index (χ1) is 22.0. The lowest BCUT2D eigenvalue weighted by atomic mass is 9.87. The van der Waals surface area contributed by atoms with Gasteiger partial charge in [-0.05, 0) is 97.9 Å². The maximum Gasteiger partial charge on any atom is 0.231 e. The van der Waals surface area contributed by atoms with Gasteiger partial charge in [-0.15, -0.1) is 0 Å². The number of aliphatic hydroxyl groups excluding tert-OH is 1. The molecule has 0 radical (unpaired) electrons. The Balaban J connectivity index is 1.36. The Morgan fingerprint density at radius 2 is 1.58 bits per heavy atom. The summed E-state index contributed by atoms with van der Waals surface area (Å²) in [5, 5.41) is 10.3. The van der Waals surface area contributed by atoms with Gasteiger partial charge in [-0.3, -0.25) is 9.80 Å². The lowest BCUT2D eigenvalue weighted by Gasteiger charge is -2.37. The number of fused-ring (bicyclic) bond motifs is 3. The van der Waals surface area contributed by atoms with E-state index >= 15 is 0 Å². The molecule has 5 aliphatic rings. The largest absolute Gasteiger partial charge is 0.493 e. The summed E-state index contributed by atoms with van der Waals surface area (Å²) in [6.07, 6.45) is 3.29. The molecular weight excluding hydrogens is 568 g/mol. The highest BCUT2D eigenvalue weighted by Crippen LogP contribution is 2.53. The predicted octanol–water partition coefficient (Wildman–Crippen LogP) is 6.36. The first-order valence-corrected chi connectivity index (χ1v) is 15.7. The molecule has 5 aliphatic heterocycles. The van der Waals surface area contributed by atoms with Gasteiger partial charge in [-0.1, -0.05) is 30.3 Å². The molecule has 4 aromatic carbocycles. The van der Waals surface area contributed by atoms with Crippen molar-refractivity contribution in [2.24, 2.45) is 0 Å². The molecule has 0 aromatic heterocycles. The summed E-state index contributed by atoms with van der Waals surface area (Å²) in [7, 11) is 6.04. The van der Waals surface area contributed by atoms with Crippen molar-refractivity contribution in [3.8, 4) is 40.2 Å². The summed E-state index contributed by atoms with van der Waals surface area (Å²) < 4.78 is 31.6. The third-order valence-electron chi connectivity index (χ3n) is 9.94. The Kier molecular flexibility index (Phi) is 7.08. The zero-order valence-electron chi connectivity index (χ0n) is 26.0. The number of benzene rings is 4. The average molecular weight is 607 g/mol. The van der Waals surface area contributed by atoms with Gasteiger partial charge >= 0.3 is 0 Å². The Morgan fingerprint density at radius 1 is 0.778 bits per heavy atom. The topological polar surface area (TPSA) is 72.9 Å². The summed E-state index contributed by atoms with van der Waals surface area (Å²) in [5.74, 6) is 4.90. The number of hydrogen-bond acceptors (Lipinski definition) is 8. The van der Waals surface area contributed by atoms with Gasteiger partial charge in [-0.25, -0.2) is 0 Å². The maximum atomic E-state index is 10.3. The molecule has 45 heavy (non-hydrogen) atoms. The SMILES string of the molecule is COc1cc2c3cc1Oc1c4c(cc5c1[C@H](Cc1ccc(cc1)Oc1c(CO)cccc1C[C@H]3N(C)CC2)N(C)CC5)OCO4. The normalized spacial score (nSPS) is 20.4. The van der Waals surface area contributed by atoms with Gasteiger partial charge < -0.3 is 28.8 Å². The molecule has 0 spiro atoms. The summed E-state index contributed by atoms with van der Waals surface area (Å²) in [6.45, 7) is 1.91. The Morgan fingerprint density at radius 3 is 2.38 bits per heavy atom. The second-order valence-electron chi connectivity index (χ2n) is 12.5. The number of likely N-dealkylation sites (N-methyl/N-ethyl adjacent to an activating group) is 2. The highest BCUT2D eigenvalue weighted by Gasteiger charge is 2.36. The molecule has 4 bridgehead atoms. The van der Waals surface area contributed by atoms with E-state index in [2.05, 4.69) is 60.3 Å². The molecule has 2 atom stereocenters. The van der Waals surface area contributed by atoms with Crippen molar-refractivity contribution in [1.29, 1.82) is 0 Å². The van der Waals surface area contributed by atoms with Gasteiger partial charge in [0.1, 0.15) is 11.5 Å². The molecule has 0 fully saturated rings. The van der Waals surface area contributed by atoms with E-state index in [9.17, 15) is 5.11 Å². The minimum absolute atomic E-state index is 0.0601. The van der Waals surface area contributed by atoms with E-state index in [1.54, 1.807) is 7.11 Å². The minimum atomic E-state index is -0.0990. The molecule has 0 unspecified atom stereocenters. The van der Waals surface area contributed by atoms with Crippen LogP contribution in [-0.4, -0.2) is 56.0 Å². The van der Waals surface area contributed by atoms with Gasteiger partial charge in [0.05, 0.1) is 13.7 Å². The van der Waals surface area contributed by atoms with Gasteiger partial charge in [0, 0.05) is 36.3 Å². The zero-order chi connectivity index (χ0) is 30.7. The van der Waals surface area contributed by atoms with Crippen LogP contribution in [0.4, 0.5) is 0 Å². The number of para-hydroxylation sites is 1. The van der Waals surface area contributed by atoms with Crippen LogP contribution >= 0.6 is 0 Å². The molecule has 4 aromatic rings.